The molecule has 2 amide bonds. The quantitative estimate of drug-likeness (QED) is 0.468. The van der Waals surface area contributed by atoms with Gasteiger partial charge >= 0.3 is 5.97 Å². The lowest BCUT2D eigenvalue weighted by Gasteiger charge is -2.23. The Bertz CT molecular complexity index is 791. The van der Waals surface area contributed by atoms with Gasteiger partial charge in [0.15, 0.2) is 18.1 Å². The normalized spacial score (nSPS) is 12.6. The van der Waals surface area contributed by atoms with Gasteiger partial charge in [0.05, 0.1) is 11.6 Å². The molecule has 8 nitrogen and oxygen atoms in total. The van der Waals surface area contributed by atoms with Gasteiger partial charge in [0.2, 0.25) is 5.91 Å². The number of hydrogen-bond acceptors (Lipinski definition) is 6. The van der Waals surface area contributed by atoms with E-state index >= 15 is 0 Å². The van der Waals surface area contributed by atoms with E-state index in [0.29, 0.717) is 48.4 Å². The van der Waals surface area contributed by atoms with Gasteiger partial charge < -0.3 is 24.0 Å². The second kappa shape index (κ2) is 10.7. The molecule has 0 aromatic heterocycles. The maximum Gasteiger partial charge on any atom is 0.331 e. The summed E-state index contributed by atoms with van der Waals surface area (Å²) in [5, 5.41) is 0.380. The molecule has 0 N–H and O–H groups in total. The molecule has 0 saturated carbocycles. The molecule has 1 aliphatic rings. The first-order chi connectivity index (χ1) is 13.8. The molecular formula is C20H25ClN2O6. The van der Waals surface area contributed by atoms with Crippen LogP contribution in [0.1, 0.15) is 19.4 Å². The number of carbonyl (C=O) groups is 3. The van der Waals surface area contributed by atoms with Gasteiger partial charge in [-0.3, -0.25) is 9.59 Å². The van der Waals surface area contributed by atoms with E-state index in [-0.39, 0.29) is 12.5 Å². The molecular weight excluding hydrogens is 400 g/mol. The summed E-state index contributed by atoms with van der Waals surface area (Å²) < 4.78 is 15.9. The van der Waals surface area contributed by atoms with Crippen molar-refractivity contribution >= 4 is 35.5 Å². The fourth-order valence-corrected chi connectivity index (χ4v) is 2.92. The van der Waals surface area contributed by atoms with Crippen molar-refractivity contribution in [2.75, 3.05) is 46.5 Å². The fraction of sp³-hybridized carbons (Fsp3) is 0.450. The smallest absolute Gasteiger partial charge is 0.331 e. The molecule has 9 heteroatoms. The number of rotatable bonds is 8. The van der Waals surface area contributed by atoms with E-state index in [9.17, 15) is 14.4 Å². The monoisotopic (exact) mass is 424 g/mol. The lowest BCUT2D eigenvalue weighted by atomic mass is 10.2. The highest BCUT2D eigenvalue weighted by atomic mass is 35.5. The second-order valence-corrected chi connectivity index (χ2v) is 6.69. The SMILES string of the molecule is CCN(CC)C(=O)CN(C)C(=O)COC(=O)/C=C/c1cc(Cl)c2c(c1)OCCO2. The van der Waals surface area contributed by atoms with E-state index in [1.807, 2.05) is 13.8 Å². The van der Waals surface area contributed by atoms with Crippen molar-refractivity contribution in [3.05, 3.63) is 28.8 Å². The van der Waals surface area contributed by atoms with E-state index in [1.165, 1.54) is 24.1 Å². The molecule has 0 saturated heterocycles. The molecule has 1 aromatic carbocycles. The van der Waals surface area contributed by atoms with Gasteiger partial charge in [0.1, 0.15) is 13.2 Å². The van der Waals surface area contributed by atoms with Gasteiger partial charge in [-0.05, 0) is 37.6 Å². The van der Waals surface area contributed by atoms with Crippen LogP contribution in [0.25, 0.3) is 6.08 Å². The van der Waals surface area contributed by atoms with Crippen LogP contribution < -0.4 is 9.47 Å². The maximum absolute atomic E-state index is 12.1. The number of benzene rings is 1. The molecule has 1 aromatic rings. The summed E-state index contributed by atoms with van der Waals surface area (Å²) in [5.74, 6) is -0.327. The topological polar surface area (TPSA) is 85.4 Å². The fourth-order valence-electron chi connectivity index (χ4n) is 2.65. The minimum absolute atomic E-state index is 0.0659. The van der Waals surface area contributed by atoms with E-state index in [4.69, 9.17) is 25.8 Å². The largest absolute Gasteiger partial charge is 0.486 e. The maximum atomic E-state index is 12.1. The third kappa shape index (κ3) is 6.39. The van der Waals surface area contributed by atoms with Crippen molar-refractivity contribution in [1.29, 1.82) is 0 Å². The first kappa shape index (κ1) is 22.5. The first-order valence-electron chi connectivity index (χ1n) is 9.31. The molecule has 0 aliphatic carbocycles. The molecule has 1 heterocycles. The van der Waals surface area contributed by atoms with Crippen LogP contribution in [-0.2, 0) is 19.1 Å². The Labute approximate surface area is 174 Å². The van der Waals surface area contributed by atoms with Crippen molar-refractivity contribution in [1.82, 2.24) is 9.80 Å². The van der Waals surface area contributed by atoms with Gasteiger partial charge in [-0.1, -0.05) is 11.6 Å². The predicted molar refractivity (Wildman–Crippen MR) is 108 cm³/mol. The van der Waals surface area contributed by atoms with Crippen LogP contribution in [0.4, 0.5) is 0 Å². The summed E-state index contributed by atoms with van der Waals surface area (Å²) in [6, 6.07) is 3.33. The lowest BCUT2D eigenvalue weighted by molar-refractivity contribution is -0.149. The van der Waals surface area contributed by atoms with E-state index in [0.717, 1.165) is 0 Å². The van der Waals surface area contributed by atoms with Crippen LogP contribution in [0.15, 0.2) is 18.2 Å². The number of likely N-dealkylation sites (N-methyl/N-ethyl adjacent to an activating group) is 2. The Kier molecular flexibility index (Phi) is 8.33. The summed E-state index contributed by atoms with van der Waals surface area (Å²) in [5.41, 5.74) is 0.629. The van der Waals surface area contributed by atoms with E-state index in [2.05, 4.69) is 0 Å². The lowest BCUT2D eigenvalue weighted by Crippen LogP contribution is -2.42. The molecule has 0 spiro atoms. The molecule has 0 bridgehead atoms. The standard InChI is InChI=1S/C20H25ClN2O6/c1-4-23(5-2)17(24)12-22(3)18(25)13-29-19(26)7-6-14-10-15(21)20-16(11-14)27-8-9-28-20/h6-7,10-11H,4-5,8-9,12-13H2,1-3H3/b7-6+. The number of carbonyl (C=O) groups excluding carboxylic acids is 3. The number of nitrogens with zero attached hydrogens (tertiary/aromatic N) is 2. The Balaban J connectivity index is 1.85. The zero-order chi connectivity index (χ0) is 21.4. The van der Waals surface area contributed by atoms with Crippen molar-refractivity contribution in [2.45, 2.75) is 13.8 Å². The van der Waals surface area contributed by atoms with E-state index in [1.54, 1.807) is 17.0 Å². The average Bonchev–Trinajstić information content (AvgIpc) is 2.71. The van der Waals surface area contributed by atoms with Crippen LogP contribution >= 0.6 is 11.6 Å². The number of esters is 1. The minimum Gasteiger partial charge on any atom is -0.486 e. The molecule has 0 atom stereocenters. The van der Waals surface area contributed by atoms with Crippen molar-refractivity contribution < 1.29 is 28.6 Å². The third-order valence-electron chi connectivity index (χ3n) is 4.28. The Morgan fingerprint density at radius 3 is 2.52 bits per heavy atom. The second-order valence-electron chi connectivity index (χ2n) is 6.28. The number of ether oxygens (including phenoxy) is 3. The van der Waals surface area contributed by atoms with Crippen LogP contribution in [0, 0.1) is 0 Å². The van der Waals surface area contributed by atoms with Crippen LogP contribution in [0.5, 0.6) is 11.5 Å². The van der Waals surface area contributed by atoms with Crippen molar-refractivity contribution in [3.8, 4) is 11.5 Å². The predicted octanol–water partition coefficient (Wildman–Crippen LogP) is 1.99. The first-order valence-corrected chi connectivity index (χ1v) is 9.69. The zero-order valence-electron chi connectivity index (χ0n) is 16.8. The molecule has 0 fully saturated rings. The number of hydrogen-bond donors (Lipinski definition) is 0. The van der Waals surface area contributed by atoms with Crippen molar-refractivity contribution in [2.24, 2.45) is 0 Å². The highest BCUT2D eigenvalue weighted by Gasteiger charge is 2.18. The van der Waals surface area contributed by atoms with Gasteiger partial charge in [-0.15, -0.1) is 0 Å². The molecule has 29 heavy (non-hydrogen) atoms. The van der Waals surface area contributed by atoms with E-state index < -0.39 is 18.5 Å². The van der Waals surface area contributed by atoms with Gasteiger partial charge in [-0.2, -0.15) is 0 Å². The van der Waals surface area contributed by atoms with Crippen LogP contribution in [-0.4, -0.2) is 74.1 Å². The third-order valence-corrected chi connectivity index (χ3v) is 4.56. The zero-order valence-corrected chi connectivity index (χ0v) is 17.5. The summed E-state index contributed by atoms with van der Waals surface area (Å²) >= 11 is 6.15. The van der Waals surface area contributed by atoms with Gasteiger partial charge in [-0.25, -0.2) is 4.79 Å². The minimum atomic E-state index is -0.687. The number of halogens is 1. The number of amides is 2. The van der Waals surface area contributed by atoms with Crippen molar-refractivity contribution in [3.63, 3.8) is 0 Å². The van der Waals surface area contributed by atoms with Crippen LogP contribution in [0.3, 0.4) is 0 Å². The highest BCUT2D eigenvalue weighted by molar-refractivity contribution is 6.32. The molecule has 1 aliphatic heterocycles. The summed E-state index contributed by atoms with van der Waals surface area (Å²) in [6.07, 6.45) is 2.70. The Morgan fingerprint density at radius 2 is 1.83 bits per heavy atom. The molecule has 0 radical (unpaired) electrons. The van der Waals surface area contributed by atoms with Gasteiger partial charge in [0.25, 0.3) is 5.91 Å². The number of fused-ring (bicyclic) bond motifs is 1. The van der Waals surface area contributed by atoms with Crippen LogP contribution in [0.2, 0.25) is 5.02 Å². The average molecular weight is 425 g/mol. The summed E-state index contributed by atoms with van der Waals surface area (Å²) in [7, 11) is 1.49. The summed E-state index contributed by atoms with van der Waals surface area (Å²) in [6.45, 7) is 5.21. The highest BCUT2D eigenvalue weighted by Crippen LogP contribution is 2.38. The molecule has 0 unspecified atom stereocenters. The molecule has 2 rings (SSSR count). The van der Waals surface area contributed by atoms with Gasteiger partial charge in [0, 0.05) is 26.2 Å². The summed E-state index contributed by atoms with van der Waals surface area (Å²) in [4.78, 5) is 38.9. The Hall–Kier alpha value is -2.74. The molecule has 158 valence electrons. The Morgan fingerprint density at radius 1 is 1.14 bits per heavy atom.